The van der Waals surface area contributed by atoms with E-state index in [-0.39, 0.29) is 12.2 Å². The Hall–Kier alpha value is -2.10. The van der Waals surface area contributed by atoms with Crippen molar-refractivity contribution in [3.8, 4) is 6.07 Å². The Balaban J connectivity index is 2.64. The molecule has 0 radical (unpaired) electrons. The van der Waals surface area contributed by atoms with E-state index in [0.717, 1.165) is 18.7 Å². The van der Waals surface area contributed by atoms with Gasteiger partial charge in [-0.2, -0.15) is 5.26 Å². The minimum Gasteiger partial charge on any atom is -0.459 e. The number of hydrogen-bond acceptors (Lipinski definition) is 6. The first-order valence-electron chi connectivity index (χ1n) is 7.72. The van der Waals surface area contributed by atoms with E-state index in [9.17, 15) is 10.1 Å². The zero-order valence-electron chi connectivity index (χ0n) is 13.8. The quantitative estimate of drug-likeness (QED) is 0.286. The molecule has 0 aromatic carbocycles. The van der Waals surface area contributed by atoms with Gasteiger partial charge in [0.1, 0.15) is 18.2 Å². The van der Waals surface area contributed by atoms with Crippen molar-refractivity contribution in [3.63, 3.8) is 0 Å². The molecule has 6 heteroatoms. The van der Waals surface area contributed by atoms with Crippen molar-refractivity contribution in [2.24, 2.45) is 0 Å². The zero-order chi connectivity index (χ0) is 16.9. The predicted octanol–water partition coefficient (Wildman–Crippen LogP) is 1.86. The van der Waals surface area contributed by atoms with Gasteiger partial charge in [0.2, 0.25) is 0 Å². The molecule has 0 aromatic rings. The second-order valence-electron chi connectivity index (χ2n) is 4.82. The second-order valence-corrected chi connectivity index (χ2v) is 4.82. The summed E-state index contributed by atoms with van der Waals surface area (Å²) < 4.78 is 15.2. The Morgan fingerprint density at radius 1 is 1.39 bits per heavy atom. The summed E-state index contributed by atoms with van der Waals surface area (Å²) in [6, 6.07) is 1.95. The van der Waals surface area contributed by atoms with E-state index >= 15 is 0 Å². The van der Waals surface area contributed by atoms with Crippen LogP contribution in [0.4, 0.5) is 0 Å². The first-order chi connectivity index (χ1) is 11.2. The van der Waals surface area contributed by atoms with Crippen LogP contribution in [0.25, 0.3) is 0 Å². The fraction of sp³-hybridized carbons (Fsp3) is 0.529. The second kappa shape index (κ2) is 11.5. The molecule has 0 aromatic heterocycles. The number of carbonyl (C=O) groups excluding carboxylic acids is 1. The molecule has 0 saturated heterocycles. The van der Waals surface area contributed by atoms with E-state index in [2.05, 4.69) is 5.32 Å². The zero-order valence-corrected chi connectivity index (χ0v) is 13.8. The van der Waals surface area contributed by atoms with Crippen LogP contribution < -0.4 is 5.32 Å². The number of hydrogen-bond donors (Lipinski definition) is 1. The highest BCUT2D eigenvalue weighted by atomic mass is 16.6. The number of esters is 1. The van der Waals surface area contributed by atoms with Crippen molar-refractivity contribution in [1.82, 2.24) is 5.32 Å². The average molecular weight is 320 g/mol. The Kier molecular flexibility index (Phi) is 9.45. The number of nitriles is 1. The topological polar surface area (TPSA) is 80.6 Å². The fourth-order valence-corrected chi connectivity index (χ4v) is 2.00. The maximum Gasteiger partial charge on any atom is 0.349 e. The molecular formula is C17H24N2O4. The molecule has 6 nitrogen and oxygen atoms in total. The summed E-state index contributed by atoms with van der Waals surface area (Å²) in [6.45, 7) is 4.35. The normalized spacial score (nSPS) is 15.6. The molecule has 0 bridgehead atoms. The maximum absolute atomic E-state index is 12.0. The van der Waals surface area contributed by atoms with Crippen LogP contribution in [0.2, 0.25) is 0 Å². The third kappa shape index (κ3) is 7.13. The van der Waals surface area contributed by atoms with Gasteiger partial charge in [-0.05, 0) is 37.5 Å². The molecule has 0 amide bonds. The van der Waals surface area contributed by atoms with Gasteiger partial charge in [0, 0.05) is 32.6 Å². The van der Waals surface area contributed by atoms with Gasteiger partial charge in [0.25, 0.3) is 0 Å². The largest absolute Gasteiger partial charge is 0.459 e. The lowest BCUT2D eigenvalue weighted by molar-refractivity contribution is -0.140. The van der Waals surface area contributed by atoms with Crippen LogP contribution in [0, 0.1) is 11.3 Å². The van der Waals surface area contributed by atoms with Crippen LogP contribution in [-0.4, -0.2) is 46.1 Å². The highest BCUT2D eigenvalue weighted by molar-refractivity contribution is 5.94. The highest BCUT2D eigenvalue weighted by Gasteiger charge is 2.16. The molecule has 1 N–H and O–H groups in total. The van der Waals surface area contributed by atoms with Crippen LogP contribution in [0.5, 0.6) is 0 Å². The van der Waals surface area contributed by atoms with Gasteiger partial charge in [-0.3, -0.25) is 0 Å². The summed E-state index contributed by atoms with van der Waals surface area (Å²) in [4.78, 5) is 12.0. The van der Waals surface area contributed by atoms with Crippen molar-refractivity contribution in [2.45, 2.75) is 19.8 Å². The summed E-state index contributed by atoms with van der Waals surface area (Å²) in [5.41, 5.74) is 1.57. The Bertz CT molecular complexity index is 515. The number of rotatable bonds is 10. The summed E-state index contributed by atoms with van der Waals surface area (Å²) >= 11 is 0. The molecule has 126 valence electrons. The molecule has 0 fully saturated rings. The minimum absolute atomic E-state index is 0.0436. The molecular weight excluding hydrogens is 296 g/mol. The molecule has 0 heterocycles. The van der Waals surface area contributed by atoms with E-state index in [1.165, 1.54) is 0 Å². The van der Waals surface area contributed by atoms with Gasteiger partial charge in [0.15, 0.2) is 0 Å². The predicted molar refractivity (Wildman–Crippen MR) is 86.4 cm³/mol. The SMILES string of the molecule is CCOCCOC(=O)/C(C#N)=C1/C=C(NCCCOC)C=CC1. The Labute approximate surface area is 137 Å². The third-order valence-corrected chi connectivity index (χ3v) is 3.12. The van der Waals surface area contributed by atoms with Crippen molar-refractivity contribution >= 4 is 5.97 Å². The molecule has 0 saturated carbocycles. The third-order valence-electron chi connectivity index (χ3n) is 3.12. The van der Waals surface area contributed by atoms with Crippen molar-refractivity contribution in [3.05, 3.63) is 35.1 Å². The number of carbonyl (C=O) groups is 1. The lowest BCUT2D eigenvalue weighted by atomic mass is 10.0. The summed E-state index contributed by atoms with van der Waals surface area (Å²) in [6.07, 6.45) is 7.08. The molecule has 0 spiro atoms. The fourth-order valence-electron chi connectivity index (χ4n) is 2.00. The number of ether oxygens (including phenoxy) is 3. The van der Waals surface area contributed by atoms with Gasteiger partial charge in [-0.1, -0.05) is 6.08 Å². The molecule has 23 heavy (non-hydrogen) atoms. The smallest absolute Gasteiger partial charge is 0.349 e. The van der Waals surface area contributed by atoms with Crippen molar-refractivity contribution < 1.29 is 19.0 Å². The average Bonchev–Trinajstić information content (AvgIpc) is 2.57. The number of methoxy groups -OCH3 is 1. The van der Waals surface area contributed by atoms with Crippen LogP contribution in [-0.2, 0) is 19.0 Å². The number of nitrogens with one attached hydrogen (secondary N) is 1. The van der Waals surface area contributed by atoms with Crippen molar-refractivity contribution in [2.75, 3.05) is 40.1 Å². The van der Waals surface area contributed by atoms with E-state index in [4.69, 9.17) is 14.2 Å². The highest BCUT2D eigenvalue weighted by Crippen LogP contribution is 2.19. The van der Waals surface area contributed by atoms with Crippen LogP contribution in [0.3, 0.4) is 0 Å². The molecule has 0 aliphatic heterocycles. The van der Waals surface area contributed by atoms with Crippen molar-refractivity contribution in [1.29, 1.82) is 5.26 Å². The summed E-state index contributed by atoms with van der Waals surface area (Å²) in [5, 5.41) is 12.5. The van der Waals surface area contributed by atoms with E-state index in [0.29, 0.717) is 31.8 Å². The van der Waals surface area contributed by atoms with Gasteiger partial charge in [-0.25, -0.2) is 4.79 Å². The van der Waals surface area contributed by atoms with E-state index in [1.807, 2.05) is 31.2 Å². The molecule has 0 atom stereocenters. The molecule has 0 unspecified atom stereocenters. The van der Waals surface area contributed by atoms with Crippen LogP contribution in [0.1, 0.15) is 19.8 Å². The molecule has 1 rings (SSSR count). The van der Waals surface area contributed by atoms with E-state index < -0.39 is 5.97 Å². The van der Waals surface area contributed by atoms with Crippen LogP contribution >= 0.6 is 0 Å². The molecule has 1 aliphatic rings. The first-order valence-corrected chi connectivity index (χ1v) is 7.72. The van der Waals surface area contributed by atoms with E-state index in [1.54, 1.807) is 7.11 Å². The number of allylic oxidation sites excluding steroid dienone is 4. The van der Waals surface area contributed by atoms with Gasteiger partial charge >= 0.3 is 5.97 Å². The van der Waals surface area contributed by atoms with Gasteiger partial charge in [0.05, 0.1) is 6.61 Å². The van der Waals surface area contributed by atoms with Crippen LogP contribution in [0.15, 0.2) is 35.1 Å². The minimum atomic E-state index is -0.604. The number of nitrogens with zero attached hydrogens (tertiary/aromatic N) is 1. The monoisotopic (exact) mass is 320 g/mol. The lowest BCUT2D eigenvalue weighted by Gasteiger charge is -2.13. The maximum atomic E-state index is 12.0. The molecule has 1 aliphatic carbocycles. The Morgan fingerprint density at radius 2 is 2.22 bits per heavy atom. The first kappa shape index (κ1) is 18.9. The summed E-state index contributed by atoms with van der Waals surface area (Å²) in [5.74, 6) is -0.604. The lowest BCUT2D eigenvalue weighted by Crippen LogP contribution is -2.17. The summed E-state index contributed by atoms with van der Waals surface area (Å²) in [7, 11) is 1.66. The standard InChI is InChI=1S/C17H24N2O4/c1-3-22-10-11-23-17(20)16(13-18)14-6-4-7-15(12-14)19-8-5-9-21-2/h4,7,12,19H,3,5-6,8-11H2,1-2H3/b16-14+. The van der Waals surface area contributed by atoms with Gasteiger partial charge in [-0.15, -0.1) is 0 Å². The van der Waals surface area contributed by atoms with Gasteiger partial charge < -0.3 is 19.5 Å². The Morgan fingerprint density at radius 3 is 2.91 bits per heavy atom.